The van der Waals surface area contributed by atoms with Crippen LogP contribution in [0.25, 0.3) is 22.3 Å². The van der Waals surface area contributed by atoms with Gasteiger partial charge in [-0.2, -0.15) is 0 Å². The molecule has 194 valence electrons. The van der Waals surface area contributed by atoms with Gasteiger partial charge in [-0.1, -0.05) is 6.07 Å². The van der Waals surface area contributed by atoms with Gasteiger partial charge in [0.2, 0.25) is 11.8 Å². The maximum Gasteiger partial charge on any atom is 0.240 e. The Kier molecular flexibility index (Phi) is 6.03. The van der Waals surface area contributed by atoms with Gasteiger partial charge in [0.1, 0.15) is 28.6 Å². The van der Waals surface area contributed by atoms with E-state index in [0.29, 0.717) is 35.7 Å². The molecule has 2 N–H and O–H groups in total. The van der Waals surface area contributed by atoms with Crippen molar-refractivity contribution in [2.24, 2.45) is 12.5 Å². The van der Waals surface area contributed by atoms with Crippen molar-refractivity contribution in [2.75, 3.05) is 10.6 Å². The molecule has 0 bridgehead atoms. The van der Waals surface area contributed by atoms with Crippen molar-refractivity contribution in [3.05, 3.63) is 97.2 Å². The molecule has 39 heavy (non-hydrogen) atoms. The molecule has 1 aliphatic carbocycles. The van der Waals surface area contributed by atoms with Gasteiger partial charge in [-0.25, -0.2) is 9.37 Å². The second-order valence-electron chi connectivity index (χ2n) is 9.53. The van der Waals surface area contributed by atoms with E-state index in [-0.39, 0.29) is 5.91 Å². The summed E-state index contributed by atoms with van der Waals surface area (Å²) in [6.45, 7) is 0. The lowest BCUT2D eigenvalue weighted by Gasteiger charge is -2.16. The second-order valence-corrected chi connectivity index (χ2v) is 9.53. The molecular weight excluding hydrogens is 497 g/mol. The Hall–Kier alpha value is -5.05. The van der Waals surface area contributed by atoms with Crippen molar-refractivity contribution in [2.45, 2.75) is 12.8 Å². The SMILES string of the molecule is Cn1ccnc1-c1ccc2c(Oc3ccc(NC(=O)C4(C(=O)Nc5ccc(F)cc5)CC4)cc3)ccnc2c1. The molecule has 8 nitrogen and oxygen atoms in total. The van der Waals surface area contributed by atoms with Crippen molar-refractivity contribution in [1.82, 2.24) is 14.5 Å². The first-order valence-electron chi connectivity index (χ1n) is 12.4. The number of aromatic nitrogens is 3. The van der Waals surface area contributed by atoms with Gasteiger partial charge in [0.15, 0.2) is 0 Å². The number of nitrogens with zero attached hydrogens (tertiary/aromatic N) is 3. The molecule has 5 aromatic rings. The number of anilines is 2. The summed E-state index contributed by atoms with van der Waals surface area (Å²) in [4.78, 5) is 34.6. The van der Waals surface area contributed by atoms with Gasteiger partial charge in [0.05, 0.1) is 5.52 Å². The molecule has 0 atom stereocenters. The summed E-state index contributed by atoms with van der Waals surface area (Å²) in [6.07, 6.45) is 6.24. The lowest BCUT2D eigenvalue weighted by Crippen LogP contribution is -2.35. The van der Waals surface area contributed by atoms with Crippen LogP contribution in [0.1, 0.15) is 12.8 Å². The molecule has 3 aromatic carbocycles. The van der Waals surface area contributed by atoms with Crippen LogP contribution >= 0.6 is 0 Å². The van der Waals surface area contributed by atoms with E-state index in [0.717, 1.165) is 22.3 Å². The summed E-state index contributed by atoms with van der Waals surface area (Å²) in [5, 5.41) is 6.40. The van der Waals surface area contributed by atoms with E-state index in [1.54, 1.807) is 42.7 Å². The highest BCUT2D eigenvalue weighted by Gasteiger charge is 2.56. The van der Waals surface area contributed by atoms with E-state index < -0.39 is 17.1 Å². The van der Waals surface area contributed by atoms with Crippen molar-refractivity contribution in [3.63, 3.8) is 0 Å². The van der Waals surface area contributed by atoms with Crippen LogP contribution in [0.3, 0.4) is 0 Å². The van der Waals surface area contributed by atoms with Crippen molar-refractivity contribution in [1.29, 1.82) is 0 Å². The Labute approximate surface area is 223 Å². The fraction of sp³-hybridized carbons (Fsp3) is 0.133. The third kappa shape index (κ3) is 4.82. The van der Waals surface area contributed by atoms with Crippen molar-refractivity contribution < 1.29 is 18.7 Å². The highest BCUT2D eigenvalue weighted by molar-refractivity contribution is 6.16. The number of aryl methyl sites for hydroxylation is 1. The minimum Gasteiger partial charge on any atom is -0.457 e. The average molecular weight is 522 g/mol. The normalized spacial score (nSPS) is 13.6. The number of fused-ring (bicyclic) bond motifs is 1. The number of imidazole rings is 1. The Morgan fingerprint density at radius 2 is 1.54 bits per heavy atom. The number of rotatable bonds is 7. The van der Waals surface area contributed by atoms with Crippen LogP contribution in [-0.4, -0.2) is 26.3 Å². The van der Waals surface area contributed by atoms with E-state index in [1.165, 1.54) is 24.3 Å². The van der Waals surface area contributed by atoms with Crippen LogP contribution in [0, 0.1) is 11.2 Å². The number of hydrogen-bond acceptors (Lipinski definition) is 5. The Morgan fingerprint density at radius 3 is 2.15 bits per heavy atom. The van der Waals surface area contributed by atoms with Gasteiger partial charge in [0, 0.05) is 48.0 Å². The Balaban J connectivity index is 1.13. The zero-order valence-corrected chi connectivity index (χ0v) is 21.0. The lowest BCUT2D eigenvalue weighted by atomic mass is 10.0. The Bertz CT molecular complexity index is 1690. The highest BCUT2D eigenvalue weighted by atomic mass is 19.1. The van der Waals surface area contributed by atoms with E-state index >= 15 is 0 Å². The van der Waals surface area contributed by atoms with Crippen LogP contribution in [0.4, 0.5) is 15.8 Å². The Morgan fingerprint density at radius 1 is 0.872 bits per heavy atom. The first-order valence-corrected chi connectivity index (χ1v) is 12.4. The minimum absolute atomic E-state index is 0.376. The van der Waals surface area contributed by atoms with Crippen LogP contribution in [-0.2, 0) is 16.6 Å². The predicted octanol–water partition coefficient (Wildman–Crippen LogP) is 5.92. The molecule has 2 amide bonds. The number of nitrogens with one attached hydrogen (secondary N) is 2. The van der Waals surface area contributed by atoms with Crippen LogP contribution < -0.4 is 15.4 Å². The molecule has 1 fully saturated rings. The molecule has 1 saturated carbocycles. The van der Waals surface area contributed by atoms with Gasteiger partial charge < -0.3 is 19.9 Å². The molecule has 0 radical (unpaired) electrons. The van der Waals surface area contributed by atoms with Gasteiger partial charge >= 0.3 is 0 Å². The van der Waals surface area contributed by atoms with E-state index in [9.17, 15) is 14.0 Å². The summed E-state index contributed by atoms with van der Waals surface area (Å²) < 4.78 is 21.2. The number of carbonyl (C=O) groups is 2. The second kappa shape index (κ2) is 9.68. The van der Waals surface area contributed by atoms with Gasteiger partial charge in [0.25, 0.3) is 0 Å². The molecule has 2 heterocycles. The molecule has 1 aliphatic rings. The maximum atomic E-state index is 13.1. The highest BCUT2D eigenvalue weighted by Crippen LogP contribution is 2.47. The zero-order valence-electron chi connectivity index (χ0n) is 21.0. The number of carbonyl (C=O) groups excluding carboxylic acids is 2. The maximum absolute atomic E-state index is 13.1. The largest absolute Gasteiger partial charge is 0.457 e. The monoisotopic (exact) mass is 521 g/mol. The fourth-order valence-corrected chi connectivity index (χ4v) is 4.44. The van der Waals surface area contributed by atoms with E-state index in [2.05, 4.69) is 20.6 Å². The van der Waals surface area contributed by atoms with E-state index in [4.69, 9.17) is 4.74 Å². The number of hydrogen-bond donors (Lipinski definition) is 2. The first kappa shape index (κ1) is 24.3. The summed E-state index contributed by atoms with van der Waals surface area (Å²) in [5.41, 5.74) is 1.60. The number of halogens is 1. The molecule has 2 aromatic heterocycles. The number of benzene rings is 3. The smallest absolute Gasteiger partial charge is 0.240 e. The summed E-state index contributed by atoms with van der Waals surface area (Å²) in [6, 6.07) is 20.1. The number of amides is 2. The topological polar surface area (TPSA) is 98.1 Å². The molecule has 6 rings (SSSR count). The van der Waals surface area contributed by atoms with Crippen LogP contribution in [0.15, 0.2) is 91.4 Å². The number of pyridine rings is 1. The summed E-state index contributed by atoms with van der Waals surface area (Å²) in [7, 11) is 1.94. The molecule has 9 heteroatoms. The lowest BCUT2D eigenvalue weighted by molar-refractivity contribution is -0.131. The average Bonchev–Trinajstić information content (AvgIpc) is 3.66. The van der Waals surface area contributed by atoms with Gasteiger partial charge in [-0.15, -0.1) is 0 Å². The predicted molar refractivity (Wildman–Crippen MR) is 146 cm³/mol. The molecule has 0 aliphatic heterocycles. The zero-order chi connectivity index (χ0) is 27.0. The first-order chi connectivity index (χ1) is 18.9. The number of ether oxygens (including phenoxy) is 1. The van der Waals surface area contributed by atoms with Gasteiger partial charge in [-0.3, -0.25) is 14.6 Å². The molecule has 0 saturated heterocycles. The molecular formula is C30H24FN5O3. The molecule has 0 spiro atoms. The quantitative estimate of drug-likeness (QED) is 0.259. The van der Waals surface area contributed by atoms with Crippen LogP contribution in [0.2, 0.25) is 0 Å². The minimum atomic E-state index is -1.13. The van der Waals surface area contributed by atoms with Gasteiger partial charge in [-0.05, 0) is 79.6 Å². The summed E-state index contributed by atoms with van der Waals surface area (Å²) in [5.74, 6) is 0.915. The molecule has 0 unspecified atom stereocenters. The fourth-order valence-electron chi connectivity index (χ4n) is 4.44. The summed E-state index contributed by atoms with van der Waals surface area (Å²) >= 11 is 0. The van der Waals surface area contributed by atoms with Crippen LogP contribution in [0.5, 0.6) is 11.5 Å². The van der Waals surface area contributed by atoms with Crippen molar-refractivity contribution in [3.8, 4) is 22.9 Å². The van der Waals surface area contributed by atoms with Crippen molar-refractivity contribution >= 4 is 34.1 Å². The third-order valence-corrected chi connectivity index (χ3v) is 6.84. The third-order valence-electron chi connectivity index (χ3n) is 6.84. The van der Waals surface area contributed by atoms with E-state index in [1.807, 2.05) is 36.0 Å². The standard InChI is InChI=1S/C30H24FN5O3/c1-36-17-16-33-27(36)19-2-11-24-25(18-19)32-15-12-26(24)39-23-9-7-22(8-10-23)35-29(38)30(13-14-30)28(37)34-21-5-3-20(31)4-6-21/h2-12,15-18H,13-14H2,1H3,(H,34,37)(H,35,38).